The second-order valence-corrected chi connectivity index (χ2v) is 7.38. The molecular formula is C27H28N2O3. The van der Waals surface area contributed by atoms with Crippen molar-refractivity contribution in [3.63, 3.8) is 0 Å². The van der Waals surface area contributed by atoms with Gasteiger partial charge in [0.05, 0.1) is 13.5 Å². The Morgan fingerprint density at radius 2 is 1.56 bits per heavy atom. The largest absolute Gasteiger partial charge is 0.497 e. The molecule has 1 N–H and O–H groups in total. The third-order valence-electron chi connectivity index (χ3n) is 5.13. The Balaban J connectivity index is 1.98. The number of hydrogen-bond acceptors (Lipinski definition) is 3. The highest BCUT2D eigenvalue weighted by Crippen LogP contribution is 2.25. The Labute approximate surface area is 189 Å². The number of ether oxygens (including phenoxy) is 1. The molecule has 164 valence electrons. The number of methoxy groups -OCH3 is 1. The lowest BCUT2D eigenvalue weighted by Crippen LogP contribution is -2.44. The third-order valence-corrected chi connectivity index (χ3v) is 5.13. The van der Waals surface area contributed by atoms with Crippen molar-refractivity contribution >= 4 is 11.8 Å². The molecule has 0 spiro atoms. The van der Waals surface area contributed by atoms with E-state index < -0.39 is 6.04 Å². The molecule has 1 atom stereocenters. The van der Waals surface area contributed by atoms with Gasteiger partial charge in [0.1, 0.15) is 11.8 Å². The second-order valence-electron chi connectivity index (χ2n) is 7.38. The van der Waals surface area contributed by atoms with Crippen LogP contribution in [0.3, 0.4) is 0 Å². The molecule has 3 aromatic rings. The van der Waals surface area contributed by atoms with Gasteiger partial charge in [-0.2, -0.15) is 0 Å². The van der Waals surface area contributed by atoms with Gasteiger partial charge in [0.25, 0.3) is 0 Å². The van der Waals surface area contributed by atoms with Crippen molar-refractivity contribution in [1.29, 1.82) is 0 Å². The van der Waals surface area contributed by atoms with Crippen molar-refractivity contribution < 1.29 is 14.3 Å². The van der Waals surface area contributed by atoms with E-state index in [-0.39, 0.29) is 24.8 Å². The van der Waals surface area contributed by atoms with Gasteiger partial charge in [0, 0.05) is 13.1 Å². The van der Waals surface area contributed by atoms with Gasteiger partial charge in [-0.25, -0.2) is 0 Å². The first-order valence-corrected chi connectivity index (χ1v) is 10.5. The molecule has 0 saturated carbocycles. The second kappa shape index (κ2) is 11.5. The SMILES string of the molecule is C=CCNC(=O)[C@@H](c1ccccc1)N(Cc1ccc(OC)cc1)C(=O)Cc1ccccc1. The van der Waals surface area contributed by atoms with Crippen LogP contribution in [0, 0.1) is 0 Å². The molecule has 32 heavy (non-hydrogen) atoms. The van der Waals surface area contributed by atoms with Gasteiger partial charge in [0.2, 0.25) is 11.8 Å². The summed E-state index contributed by atoms with van der Waals surface area (Å²) < 4.78 is 5.25. The van der Waals surface area contributed by atoms with E-state index in [9.17, 15) is 9.59 Å². The smallest absolute Gasteiger partial charge is 0.247 e. The molecule has 2 amide bonds. The minimum absolute atomic E-state index is 0.130. The summed E-state index contributed by atoms with van der Waals surface area (Å²) in [4.78, 5) is 28.4. The van der Waals surface area contributed by atoms with Crippen LogP contribution in [0.1, 0.15) is 22.7 Å². The van der Waals surface area contributed by atoms with Crippen molar-refractivity contribution in [3.8, 4) is 5.75 Å². The van der Waals surface area contributed by atoms with E-state index in [1.165, 1.54) is 0 Å². The molecule has 0 saturated heterocycles. The average molecular weight is 429 g/mol. The van der Waals surface area contributed by atoms with Gasteiger partial charge in [-0.15, -0.1) is 6.58 Å². The molecule has 0 radical (unpaired) electrons. The van der Waals surface area contributed by atoms with Crippen molar-refractivity contribution in [2.75, 3.05) is 13.7 Å². The fourth-order valence-electron chi connectivity index (χ4n) is 3.50. The topological polar surface area (TPSA) is 58.6 Å². The molecule has 0 aliphatic rings. The summed E-state index contributed by atoms with van der Waals surface area (Å²) in [7, 11) is 1.61. The molecule has 5 nitrogen and oxygen atoms in total. The first-order chi connectivity index (χ1) is 15.6. The van der Waals surface area contributed by atoms with Crippen LogP contribution in [-0.2, 0) is 22.6 Å². The fraction of sp³-hybridized carbons (Fsp3) is 0.185. The van der Waals surface area contributed by atoms with Gasteiger partial charge < -0.3 is 15.0 Å². The summed E-state index contributed by atoms with van der Waals surface area (Å²) in [6, 6.07) is 25.7. The zero-order valence-electron chi connectivity index (χ0n) is 18.2. The predicted molar refractivity (Wildman–Crippen MR) is 126 cm³/mol. The van der Waals surface area contributed by atoms with Crippen LogP contribution in [0.5, 0.6) is 5.75 Å². The van der Waals surface area contributed by atoms with Gasteiger partial charge in [-0.3, -0.25) is 9.59 Å². The number of carbonyl (C=O) groups excluding carboxylic acids is 2. The Morgan fingerprint density at radius 1 is 0.938 bits per heavy atom. The van der Waals surface area contributed by atoms with Crippen LogP contribution >= 0.6 is 0 Å². The Morgan fingerprint density at radius 3 is 2.16 bits per heavy atom. The van der Waals surface area contributed by atoms with Gasteiger partial charge in [-0.05, 0) is 28.8 Å². The van der Waals surface area contributed by atoms with Gasteiger partial charge in [0.15, 0.2) is 0 Å². The Kier molecular flexibility index (Phi) is 8.21. The number of nitrogens with zero attached hydrogens (tertiary/aromatic N) is 1. The van der Waals surface area contributed by atoms with Crippen LogP contribution in [0.2, 0.25) is 0 Å². The van der Waals surface area contributed by atoms with Gasteiger partial charge >= 0.3 is 0 Å². The summed E-state index contributed by atoms with van der Waals surface area (Å²) in [5.41, 5.74) is 2.56. The quantitative estimate of drug-likeness (QED) is 0.490. The maximum absolute atomic E-state index is 13.5. The lowest BCUT2D eigenvalue weighted by Gasteiger charge is -2.31. The van der Waals surface area contributed by atoms with E-state index in [0.717, 1.165) is 22.4 Å². The molecule has 0 heterocycles. The standard InChI is InChI=1S/C27H28N2O3/c1-3-18-28-27(31)26(23-12-8-5-9-13-23)29(20-22-14-16-24(32-2)17-15-22)25(30)19-21-10-6-4-7-11-21/h3-17,26H,1,18-20H2,2H3,(H,28,31)/t26-/m1/s1. The fourth-order valence-corrected chi connectivity index (χ4v) is 3.50. The lowest BCUT2D eigenvalue weighted by molar-refractivity contribution is -0.141. The van der Waals surface area contributed by atoms with Crippen LogP contribution < -0.4 is 10.1 Å². The summed E-state index contributed by atoms with van der Waals surface area (Å²) in [5, 5.41) is 2.86. The lowest BCUT2D eigenvalue weighted by atomic mass is 10.0. The van der Waals surface area contributed by atoms with Crippen molar-refractivity contribution in [3.05, 3.63) is 114 Å². The molecule has 0 fully saturated rings. The molecular weight excluding hydrogens is 400 g/mol. The molecule has 0 aliphatic carbocycles. The molecule has 0 unspecified atom stereocenters. The first-order valence-electron chi connectivity index (χ1n) is 10.5. The van der Waals surface area contributed by atoms with E-state index in [2.05, 4.69) is 11.9 Å². The summed E-state index contributed by atoms with van der Waals surface area (Å²) in [5.74, 6) is 0.361. The highest BCUT2D eigenvalue weighted by molar-refractivity contribution is 5.89. The summed E-state index contributed by atoms with van der Waals surface area (Å²) >= 11 is 0. The number of amides is 2. The maximum Gasteiger partial charge on any atom is 0.247 e. The highest BCUT2D eigenvalue weighted by atomic mass is 16.5. The van der Waals surface area contributed by atoms with Crippen molar-refractivity contribution in [2.24, 2.45) is 0 Å². The molecule has 3 rings (SSSR count). The zero-order chi connectivity index (χ0) is 22.8. The summed E-state index contributed by atoms with van der Waals surface area (Å²) in [6.45, 7) is 4.29. The minimum Gasteiger partial charge on any atom is -0.497 e. The normalized spacial score (nSPS) is 11.3. The third kappa shape index (κ3) is 6.08. The average Bonchev–Trinajstić information content (AvgIpc) is 2.84. The van der Waals surface area contributed by atoms with Crippen molar-refractivity contribution in [2.45, 2.75) is 19.0 Å². The first kappa shape index (κ1) is 22.8. The number of nitrogens with one attached hydrogen (secondary N) is 1. The number of hydrogen-bond donors (Lipinski definition) is 1. The monoisotopic (exact) mass is 428 g/mol. The van der Waals surface area contributed by atoms with E-state index >= 15 is 0 Å². The predicted octanol–water partition coefficient (Wildman–Crippen LogP) is 4.31. The highest BCUT2D eigenvalue weighted by Gasteiger charge is 2.31. The van der Waals surface area contributed by atoms with Crippen LogP contribution in [0.25, 0.3) is 0 Å². The van der Waals surface area contributed by atoms with E-state index in [1.54, 1.807) is 18.1 Å². The zero-order valence-corrected chi connectivity index (χ0v) is 18.2. The molecule has 0 aliphatic heterocycles. The molecule has 5 heteroatoms. The van der Waals surface area contributed by atoms with Crippen LogP contribution in [0.15, 0.2) is 97.6 Å². The molecule has 3 aromatic carbocycles. The van der Waals surface area contributed by atoms with Crippen LogP contribution in [-0.4, -0.2) is 30.4 Å². The van der Waals surface area contributed by atoms with E-state index in [1.807, 2.05) is 84.9 Å². The summed E-state index contributed by atoms with van der Waals surface area (Å²) in [6.07, 6.45) is 1.83. The van der Waals surface area contributed by atoms with Crippen LogP contribution in [0.4, 0.5) is 0 Å². The van der Waals surface area contributed by atoms with Crippen molar-refractivity contribution in [1.82, 2.24) is 10.2 Å². The maximum atomic E-state index is 13.5. The molecule has 0 aromatic heterocycles. The number of benzene rings is 3. The Hall–Kier alpha value is -3.86. The molecule has 0 bridgehead atoms. The van der Waals surface area contributed by atoms with E-state index in [0.29, 0.717) is 6.54 Å². The number of carbonyl (C=O) groups is 2. The minimum atomic E-state index is -0.769. The van der Waals surface area contributed by atoms with Gasteiger partial charge in [-0.1, -0.05) is 78.9 Å². The van der Waals surface area contributed by atoms with E-state index in [4.69, 9.17) is 4.74 Å². The Bertz CT molecular complexity index is 1020. The number of rotatable bonds is 10.